The maximum absolute atomic E-state index is 11.9. The van der Waals surface area contributed by atoms with Crippen molar-refractivity contribution in [3.63, 3.8) is 0 Å². The largest absolute Gasteiger partial charge is 0.481 e. The van der Waals surface area contributed by atoms with E-state index in [-0.39, 0.29) is 12.3 Å². The number of hydrogen-bond donors (Lipinski definition) is 2. The topological polar surface area (TPSA) is 66.4 Å². The highest BCUT2D eigenvalue weighted by atomic mass is 16.4. The van der Waals surface area contributed by atoms with Gasteiger partial charge in [0.2, 0.25) is 5.91 Å². The van der Waals surface area contributed by atoms with Crippen LogP contribution in [0.25, 0.3) is 0 Å². The van der Waals surface area contributed by atoms with Crippen LogP contribution in [0.1, 0.15) is 57.8 Å². The molecule has 0 saturated heterocycles. The molecule has 2 N–H and O–H groups in total. The third-order valence-corrected chi connectivity index (χ3v) is 4.58. The van der Waals surface area contributed by atoms with E-state index in [1.54, 1.807) is 0 Å². The van der Waals surface area contributed by atoms with Gasteiger partial charge in [-0.1, -0.05) is 25.7 Å². The van der Waals surface area contributed by atoms with Gasteiger partial charge in [-0.15, -0.1) is 0 Å². The molecule has 2 aliphatic rings. The Bertz CT molecular complexity index is 319. The van der Waals surface area contributed by atoms with Gasteiger partial charge in [0.05, 0.1) is 0 Å². The van der Waals surface area contributed by atoms with E-state index in [1.165, 1.54) is 19.3 Å². The van der Waals surface area contributed by atoms with Crippen molar-refractivity contribution >= 4 is 11.9 Å². The molecule has 19 heavy (non-hydrogen) atoms. The lowest BCUT2D eigenvalue weighted by atomic mass is 10.1. The Labute approximate surface area is 115 Å². The zero-order valence-electron chi connectivity index (χ0n) is 11.6. The first-order chi connectivity index (χ1) is 9.20. The van der Waals surface area contributed by atoms with Crippen molar-refractivity contribution in [3.05, 3.63) is 0 Å². The minimum absolute atomic E-state index is 0.278. The number of nitrogens with one attached hydrogen (secondary N) is 1. The predicted molar refractivity (Wildman–Crippen MR) is 72.7 cm³/mol. The Morgan fingerprint density at radius 3 is 2.32 bits per heavy atom. The van der Waals surface area contributed by atoms with Gasteiger partial charge in [0.15, 0.2) is 0 Å². The summed E-state index contributed by atoms with van der Waals surface area (Å²) < 4.78 is 0. The summed E-state index contributed by atoms with van der Waals surface area (Å²) in [5.41, 5.74) is 0. The summed E-state index contributed by atoms with van der Waals surface area (Å²) >= 11 is 0. The first-order valence-electron chi connectivity index (χ1n) is 7.69. The van der Waals surface area contributed by atoms with Crippen LogP contribution in [-0.2, 0) is 9.59 Å². The quantitative estimate of drug-likeness (QED) is 0.631. The van der Waals surface area contributed by atoms with Crippen molar-refractivity contribution in [2.24, 2.45) is 17.8 Å². The van der Waals surface area contributed by atoms with Crippen LogP contribution in [0.2, 0.25) is 0 Å². The van der Waals surface area contributed by atoms with Crippen molar-refractivity contribution in [2.45, 2.75) is 57.8 Å². The van der Waals surface area contributed by atoms with Crippen LogP contribution in [0.3, 0.4) is 0 Å². The second-order valence-corrected chi connectivity index (χ2v) is 5.99. The number of carboxylic acids is 1. The van der Waals surface area contributed by atoms with Crippen LogP contribution in [0, 0.1) is 17.8 Å². The summed E-state index contributed by atoms with van der Waals surface area (Å²) in [4.78, 5) is 22.2. The summed E-state index contributed by atoms with van der Waals surface area (Å²) in [6, 6.07) is 0. The third kappa shape index (κ3) is 4.22. The zero-order chi connectivity index (χ0) is 13.7. The Balaban J connectivity index is 1.40. The standard InChI is InChI=1S/C15H25NO3/c17-13(18)9-4-2-1-3-5-10-16-15(19)14-11-7-6-8-12(11)14/h11-12,14H,1-10H2,(H,16,19)(H,17,18). The van der Waals surface area contributed by atoms with E-state index in [1.807, 2.05) is 0 Å². The normalized spacial score (nSPS) is 27.9. The minimum Gasteiger partial charge on any atom is -0.481 e. The molecule has 0 heterocycles. The number of hydrogen-bond acceptors (Lipinski definition) is 2. The first-order valence-corrected chi connectivity index (χ1v) is 7.69. The molecule has 0 radical (unpaired) electrons. The van der Waals surface area contributed by atoms with Crippen molar-refractivity contribution in [1.29, 1.82) is 0 Å². The average molecular weight is 267 g/mol. The van der Waals surface area contributed by atoms with Crippen LogP contribution in [0.4, 0.5) is 0 Å². The lowest BCUT2D eigenvalue weighted by Gasteiger charge is -2.06. The molecule has 0 aliphatic heterocycles. The SMILES string of the molecule is O=C(O)CCCCCCCNC(=O)C1C2CCCC21. The van der Waals surface area contributed by atoms with Gasteiger partial charge < -0.3 is 10.4 Å². The molecule has 2 aliphatic carbocycles. The molecule has 2 unspecified atom stereocenters. The van der Waals surface area contributed by atoms with E-state index in [9.17, 15) is 9.59 Å². The minimum atomic E-state index is -0.706. The smallest absolute Gasteiger partial charge is 0.303 e. The van der Waals surface area contributed by atoms with Crippen molar-refractivity contribution < 1.29 is 14.7 Å². The van der Waals surface area contributed by atoms with E-state index in [0.717, 1.165) is 38.6 Å². The van der Waals surface area contributed by atoms with Gasteiger partial charge in [-0.25, -0.2) is 0 Å². The van der Waals surface area contributed by atoms with Gasteiger partial charge >= 0.3 is 5.97 Å². The lowest BCUT2D eigenvalue weighted by molar-refractivity contribution is -0.137. The van der Waals surface area contributed by atoms with Crippen molar-refractivity contribution in [1.82, 2.24) is 5.32 Å². The van der Waals surface area contributed by atoms with Crippen LogP contribution in [-0.4, -0.2) is 23.5 Å². The molecule has 4 nitrogen and oxygen atoms in total. The first kappa shape index (κ1) is 14.4. The summed E-state index contributed by atoms with van der Waals surface area (Å²) in [6.45, 7) is 0.785. The van der Waals surface area contributed by atoms with Gasteiger partial charge in [0, 0.05) is 18.9 Å². The van der Waals surface area contributed by atoms with Gasteiger partial charge in [-0.3, -0.25) is 9.59 Å². The maximum Gasteiger partial charge on any atom is 0.303 e. The van der Waals surface area contributed by atoms with E-state index < -0.39 is 5.97 Å². The second-order valence-electron chi connectivity index (χ2n) is 5.99. The number of carboxylic acid groups (broad SMARTS) is 1. The number of carbonyl (C=O) groups is 2. The molecule has 1 amide bonds. The van der Waals surface area contributed by atoms with E-state index >= 15 is 0 Å². The van der Waals surface area contributed by atoms with Gasteiger partial charge in [0.1, 0.15) is 0 Å². The number of aliphatic carboxylic acids is 1. The van der Waals surface area contributed by atoms with Crippen molar-refractivity contribution in [3.8, 4) is 0 Å². The fourth-order valence-electron chi connectivity index (χ4n) is 3.47. The monoisotopic (exact) mass is 267 g/mol. The number of rotatable bonds is 9. The highest BCUT2D eigenvalue weighted by molar-refractivity contribution is 5.82. The number of fused-ring (bicyclic) bond motifs is 1. The third-order valence-electron chi connectivity index (χ3n) is 4.58. The fraction of sp³-hybridized carbons (Fsp3) is 0.867. The van der Waals surface area contributed by atoms with E-state index in [4.69, 9.17) is 5.11 Å². The van der Waals surface area contributed by atoms with Crippen LogP contribution in [0.15, 0.2) is 0 Å². The molecule has 2 fully saturated rings. The van der Waals surface area contributed by atoms with Crippen LogP contribution < -0.4 is 5.32 Å². The number of unbranched alkanes of at least 4 members (excludes halogenated alkanes) is 4. The molecule has 2 saturated carbocycles. The van der Waals surface area contributed by atoms with Gasteiger partial charge in [-0.05, 0) is 37.5 Å². The van der Waals surface area contributed by atoms with Crippen LogP contribution in [0.5, 0.6) is 0 Å². The van der Waals surface area contributed by atoms with Crippen molar-refractivity contribution in [2.75, 3.05) is 6.54 Å². The number of amides is 1. The summed E-state index contributed by atoms with van der Waals surface area (Å²) in [7, 11) is 0. The summed E-state index contributed by atoms with van der Waals surface area (Å²) in [6.07, 6.45) is 9.02. The Hall–Kier alpha value is -1.06. The van der Waals surface area contributed by atoms with E-state index in [2.05, 4.69) is 5.32 Å². The molecule has 2 atom stereocenters. The van der Waals surface area contributed by atoms with Gasteiger partial charge in [-0.2, -0.15) is 0 Å². The second kappa shape index (κ2) is 6.92. The Morgan fingerprint density at radius 1 is 1.00 bits per heavy atom. The van der Waals surface area contributed by atoms with E-state index in [0.29, 0.717) is 17.8 Å². The Kier molecular flexibility index (Phi) is 5.23. The van der Waals surface area contributed by atoms with Crippen LogP contribution >= 0.6 is 0 Å². The zero-order valence-corrected chi connectivity index (χ0v) is 11.6. The lowest BCUT2D eigenvalue weighted by Crippen LogP contribution is -2.27. The average Bonchev–Trinajstić information content (AvgIpc) is 2.86. The highest BCUT2D eigenvalue weighted by Crippen LogP contribution is 2.57. The molecular formula is C15H25NO3. The molecule has 108 valence electrons. The Morgan fingerprint density at radius 2 is 1.63 bits per heavy atom. The highest BCUT2D eigenvalue weighted by Gasteiger charge is 2.56. The molecule has 0 bridgehead atoms. The molecule has 0 aromatic rings. The molecule has 4 heteroatoms. The predicted octanol–water partition coefficient (Wildman–Crippen LogP) is 2.57. The summed E-state index contributed by atoms with van der Waals surface area (Å²) in [5.74, 6) is 1.32. The number of carbonyl (C=O) groups excluding carboxylic acids is 1. The molecule has 0 spiro atoms. The van der Waals surface area contributed by atoms with Gasteiger partial charge in [0.25, 0.3) is 0 Å². The molecule has 0 aromatic carbocycles. The molecular weight excluding hydrogens is 242 g/mol. The maximum atomic E-state index is 11.9. The fourth-order valence-corrected chi connectivity index (χ4v) is 3.47. The molecule has 2 rings (SSSR count). The molecule has 0 aromatic heterocycles. The summed E-state index contributed by atoms with van der Waals surface area (Å²) in [5, 5.41) is 11.5.